The number of rotatable bonds is 1. The van der Waals surface area contributed by atoms with Crippen molar-refractivity contribution in [2.45, 2.75) is 31.4 Å². The lowest BCUT2D eigenvalue weighted by atomic mass is 9.92. The van der Waals surface area contributed by atoms with Crippen molar-refractivity contribution in [3.63, 3.8) is 0 Å². The van der Waals surface area contributed by atoms with Crippen LogP contribution in [0.15, 0.2) is 4.47 Å². The monoisotopic (exact) mass is 347 g/mol. The molecule has 1 saturated heterocycles. The fourth-order valence-corrected chi connectivity index (χ4v) is 5.13. The van der Waals surface area contributed by atoms with Crippen molar-refractivity contribution >= 4 is 45.3 Å². The molecule has 1 aromatic heterocycles. The molecule has 1 aliphatic heterocycles. The molecule has 0 bridgehead atoms. The SMILES string of the molecule is CC(C)(C)c1nc(C2CSCCS2)nc(N)c1Br. The van der Waals surface area contributed by atoms with E-state index < -0.39 is 0 Å². The lowest BCUT2D eigenvalue weighted by Gasteiger charge is -2.24. The Bertz CT molecular complexity index is 440. The van der Waals surface area contributed by atoms with Crippen LogP contribution in [-0.2, 0) is 5.41 Å². The molecule has 18 heavy (non-hydrogen) atoms. The zero-order valence-electron chi connectivity index (χ0n) is 10.9. The average molecular weight is 348 g/mol. The van der Waals surface area contributed by atoms with E-state index >= 15 is 0 Å². The molecule has 0 aromatic carbocycles. The maximum absolute atomic E-state index is 6.01. The van der Waals surface area contributed by atoms with Gasteiger partial charge in [0.25, 0.3) is 0 Å². The molecule has 0 aliphatic carbocycles. The molecule has 0 saturated carbocycles. The first-order valence-corrected chi connectivity index (χ1v) is 8.92. The fraction of sp³-hybridized carbons (Fsp3) is 0.667. The van der Waals surface area contributed by atoms with Gasteiger partial charge in [0, 0.05) is 22.7 Å². The van der Waals surface area contributed by atoms with Crippen LogP contribution in [-0.4, -0.2) is 27.2 Å². The Morgan fingerprint density at radius 3 is 2.56 bits per heavy atom. The Morgan fingerprint density at radius 2 is 2.00 bits per heavy atom. The number of aromatic nitrogens is 2. The van der Waals surface area contributed by atoms with Gasteiger partial charge in [-0.1, -0.05) is 20.8 Å². The van der Waals surface area contributed by atoms with Crippen molar-refractivity contribution in [3.8, 4) is 0 Å². The van der Waals surface area contributed by atoms with E-state index in [0.29, 0.717) is 11.1 Å². The van der Waals surface area contributed by atoms with Crippen LogP contribution in [0, 0.1) is 0 Å². The largest absolute Gasteiger partial charge is 0.383 e. The topological polar surface area (TPSA) is 51.8 Å². The number of thioether (sulfide) groups is 2. The second-order valence-electron chi connectivity index (χ2n) is 5.31. The first-order valence-electron chi connectivity index (χ1n) is 5.92. The van der Waals surface area contributed by atoms with Crippen LogP contribution in [0.3, 0.4) is 0 Å². The minimum atomic E-state index is -0.0306. The Balaban J connectivity index is 2.40. The number of hydrogen-bond acceptors (Lipinski definition) is 5. The molecule has 0 amide bonds. The highest BCUT2D eigenvalue weighted by molar-refractivity contribution is 9.10. The molecular weight excluding hydrogens is 330 g/mol. The van der Waals surface area contributed by atoms with Gasteiger partial charge in [-0.3, -0.25) is 0 Å². The molecule has 1 aliphatic rings. The fourth-order valence-electron chi connectivity index (χ4n) is 1.76. The summed E-state index contributed by atoms with van der Waals surface area (Å²) in [6.45, 7) is 6.43. The summed E-state index contributed by atoms with van der Waals surface area (Å²) in [7, 11) is 0. The summed E-state index contributed by atoms with van der Waals surface area (Å²) in [5.41, 5.74) is 6.98. The number of nitrogens with zero attached hydrogens (tertiary/aromatic N) is 2. The lowest BCUT2D eigenvalue weighted by molar-refractivity contribution is 0.559. The van der Waals surface area contributed by atoms with Crippen LogP contribution in [0.4, 0.5) is 5.82 Å². The highest BCUT2D eigenvalue weighted by Gasteiger charge is 2.26. The highest BCUT2D eigenvalue weighted by Crippen LogP contribution is 2.38. The number of hydrogen-bond donors (Lipinski definition) is 1. The van der Waals surface area contributed by atoms with Gasteiger partial charge in [0.05, 0.1) is 15.4 Å². The normalized spacial score (nSPS) is 21.0. The molecule has 0 spiro atoms. The molecule has 2 heterocycles. The number of nitrogens with two attached hydrogens (primary N) is 1. The van der Waals surface area contributed by atoms with Crippen LogP contribution in [0.25, 0.3) is 0 Å². The van der Waals surface area contributed by atoms with E-state index in [9.17, 15) is 0 Å². The van der Waals surface area contributed by atoms with Crippen LogP contribution < -0.4 is 5.73 Å². The van der Waals surface area contributed by atoms with Gasteiger partial charge in [-0.15, -0.1) is 11.8 Å². The second kappa shape index (κ2) is 5.59. The minimum absolute atomic E-state index is 0.0306. The van der Waals surface area contributed by atoms with Crippen molar-refractivity contribution in [1.29, 1.82) is 0 Å². The maximum atomic E-state index is 6.01. The third-order valence-corrected chi connectivity index (χ3v) is 6.24. The smallest absolute Gasteiger partial charge is 0.144 e. The van der Waals surface area contributed by atoms with Crippen molar-refractivity contribution in [1.82, 2.24) is 9.97 Å². The average Bonchev–Trinajstić information content (AvgIpc) is 2.32. The Hall–Kier alpha value is 0.0600. The summed E-state index contributed by atoms with van der Waals surface area (Å²) in [5.74, 6) is 4.91. The standard InChI is InChI=1S/C12H18BrN3S2/c1-12(2,3)9-8(13)10(14)16-11(15-9)7-6-17-4-5-18-7/h7H,4-6H2,1-3H3,(H2,14,15,16). The summed E-state index contributed by atoms with van der Waals surface area (Å²) in [5, 5.41) is 0.375. The third kappa shape index (κ3) is 3.14. The summed E-state index contributed by atoms with van der Waals surface area (Å²) < 4.78 is 0.840. The van der Waals surface area contributed by atoms with Crippen molar-refractivity contribution in [2.75, 3.05) is 23.0 Å². The van der Waals surface area contributed by atoms with E-state index in [1.54, 1.807) is 0 Å². The molecule has 1 aromatic rings. The highest BCUT2D eigenvalue weighted by atomic mass is 79.9. The number of anilines is 1. The minimum Gasteiger partial charge on any atom is -0.383 e. The van der Waals surface area contributed by atoms with Crippen molar-refractivity contribution in [3.05, 3.63) is 16.0 Å². The Labute approximate surface area is 125 Å². The molecule has 1 atom stereocenters. The second-order valence-corrected chi connectivity index (χ2v) is 8.57. The van der Waals surface area contributed by atoms with Gasteiger partial charge >= 0.3 is 0 Å². The first kappa shape index (κ1) is 14.5. The van der Waals surface area contributed by atoms with E-state index in [0.717, 1.165) is 21.7 Å². The van der Waals surface area contributed by atoms with Gasteiger partial charge < -0.3 is 5.73 Å². The Morgan fingerprint density at radius 1 is 1.28 bits per heavy atom. The predicted octanol–water partition coefficient (Wildman–Crippen LogP) is 3.64. The zero-order valence-corrected chi connectivity index (χ0v) is 14.1. The zero-order chi connectivity index (χ0) is 13.3. The molecular formula is C12H18BrN3S2. The molecule has 2 N–H and O–H groups in total. The lowest BCUT2D eigenvalue weighted by Crippen LogP contribution is -2.20. The van der Waals surface area contributed by atoms with Gasteiger partial charge in [0.15, 0.2) is 0 Å². The van der Waals surface area contributed by atoms with Gasteiger partial charge in [0.2, 0.25) is 0 Å². The molecule has 100 valence electrons. The van der Waals surface area contributed by atoms with Crippen molar-refractivity contribution < 1.29 is 0 Å². The van der Waals surface area contributed by atoms with Crippen LogP contribution in [0.5, 0.6) is 0 Å². The summed E-state index contributed by atoms with van der Waals surface area (Å²) in [6, 6.07) is 0. The molecule has 2 rings (SSSR count). The summed E-state index contributed by atoms with van der Waals surface area (Å²) in [6.07, 6.45) is 0. The summed E-state index contributed by atoms with van der Waals surface area (Å²) >= 11 is 7.41. The first-order chi connectivity index (χ1) is 8.39. The Kier molecular flexibility index (Phi) is 4.49. The van der Waals surface area contributed by atoms with Crippen molar-refractivity contribution in [2.24, 2.45) is 0 Å². The van der Waals surface area contributed by atoms with Gasteiger partial charge in [-0.25, -0.2) is 9.97 Å². The molecule has 6 heteroatoms. The number of nitrogen functional groups attached to an aromatic ring is 1. The third-order valence-electron chi connectivity index (χ3n) is 2.71. The molecule has 1 unspecified atom stereocenters. The number of halogens is 1. The summed E-state index contributed by atoms with van der Waals surface area (Å²) in [4.78, 5) is 9.21. The molecule has 0 radical (unpaired) electrons. The maximum Gasteiger partial charge on any atom is 0.144 e. The van der Waals surface area contributed by atoms with Gasteiger partial charge in [0.1, 0.15) is 11.6 Å². The van der Waals surface area contributed by atoms with Crippen LogP contribution >= 0.6 is 39.5 Å². The predicted molar refractivity (Wildman–Crippen MR) is 85.4 cm³/mol. The van der Waals surface area contributed by atoms with E-state index in [2.05, 4.69) is 41.7 Å². The molecule has 1 fully saturated rings. The van der Waals surface area contributed by atoms with E-state index in [1.807, 2.05) is 23.5 Å². The van der Waals surface area contributed by atoms with Crippen LogP contribution in [0.1, 0.15) is 37.5 Å². The quantitative estimate of drug-likeness (QED) is 0.840. The van der Waals surface area contributed by atoms with E-state index in [4.69, 9.17) is 10.7 Å². The molecule has 3 nitrogen and oxygen atoms in total. The van der Waals surface area contributed by atoms with Gasteiger partial charge in [-0.05, 0) is 15.9 Å². The van der Waals surface area contributed by atoms with Crippen LogP contribution in [0.2, 0.25) is 0 Å². The van der Waals surface area contributed by atoms with E-state index in [1.165, 1.54) is 11.5 Å². The van der Waals surface area contributed by atoms with Gasteiger partial charge in [-0.2, -0.15) is 11.8 Å². The van der Waals surface area contributed by atoms with E-state index in [-0.39, 0.29) is 5.41 Å².